The molecule has 0 aliphatic heterocycles. The maximum Gasteiger partial charge on any atom is 0.343 e. The first kappa shape index (κ1) is 29.7. The molecule has 3 aromatic carbocycles. The predicted octanol–water partition coefficient (Wildman–Crippen LogP) is 7.98. The van der Waals surface area contributed by atoms with Crippen LogP contribution in [0.2, 0.25) is 0 Å². The Hall–Kier alpha value is -3.88. The summed E-state index contributed by atoms with van der Waals surface area (Å²) in [6, 6.07) is 19.4. The lowest BCUT2D eigenvalue weighted by Gasteiger charge is -2.15. The van der Waals surface area contributed by atoms with Gasteiger partial charge in [-0.05, 0) is 66.1 Å². The number of halogens is 4. The number of hydrogen-bond acceptors (Lipinski definition) is 5. The van der Waals surface area contributed by atoms with Gasteiger partial charge in [-0.2, -0.15) is 8.78 Å². The minimum atomic E-state index is -4.44. The summed E-state index contributed by atoms with van der Waals surface area (Å²) >= 11 is 0. The first-order chi connectivity index (χ1) is 18.7. The second-order valence-corrected chi connectivity index (χ2v) is 8.92. The highest BCUT2D eigenvalue weighted by atomic mass is 19.3. The Morgan fingerprint density at radius 2 is 1.23 bits per heavy atom. The molecule has 0 aliphatic rings. The molecular weight excluding hydrogens is 516 g/mol. The molecule has 0 fully saturated rings. The molecule has 0 heterocycles. The summed E-state index contributed by atoms with van der Waals surface area (Å²) in [4.78, 5) is 24.3. The summed E-state index contributed by atoms with van der Waals surface area (Å²) in [7, 11) is 0. The molecule has 0 N–H and O–H groups in total. The van der Waals surface area contributed by atoms with Crippen LogP contribution < -0.4 is 9.47 Å². The third-order valence-electron chi connectivity index (χ3n) is 5.84. The monoisotopic (exact) mass is 546 g/mol. The number of carbonyl (C=O) groups is 2. The van der Waals surface area contributed by atoms with Crippen molar-refractivity contribution < 1.29 is 41.4 Å². The SMILES string of the molecule is CCCCCCCOc1ccc(-c2ccc(C(=O)Oc3ccc(C(=O)OCC(F)(F)C(F)F)cc3)cc2)cc1. The molecule has 0 amide bonds. The number of alkyl halides is 4. The Balaban J connectivity index is 1.50. The second kappa shape index (κ2) is 14.3. The van der Waals surface area contributed by atoms with E-state index in [1.54, 1.807) is 24.3 Å². The van der Waals surface area contributed by atoms with E-state index in [1.165, 1.54) is 43.5 Å². The second-order valence-electron chi connectivity index (χ2n) is 8.92. The number of rotatable bonds is 14. The maximum absolute atomic E-state index is 12.9. The first-order valence-electron chi connectivity index (χ1n) is 12.7. The van der Waals surface area contributed by atoms with Crippen LogP contribution in [0, 0.1) is 0 Å². The Morgan fingerprint density at radius 1 is 0.718 bits per heavy atom. The van der Waals surface area contributed by atoms with E-state index in [-0.39, 0.29) is 11.3 Å². The molecule has 3 rings (SSSR count). The van der Waals surface area contributed by atoms with Crippen molar-refractivity contribution in [2.24, 2.45) is 0 Å². The van der Waals surface area contributed by atoms with Crippen molar-refractivity contribution in [1.29, 1.82) is 0 Å². The number of ether oxygens (including phenoxy) is 3. The number of hydrogen-bond donors (Lipinski definition) is 0. The summed E-state index contributed by atoms with van der Waals surface area (Å²) in [6.45, 7) is 1.13. The van der Waals surface area contributed by atoms with E-state index < -0.39 is 30.9 Å². The van der Waals surface area contributed by atoms with Crippen LogP contribution in [-0.2, 0) is 4.74 Å². The van der Waals surface area contributed by atoms with E-state index in [1.807, 2.05) is 24.3 Å². The fraction of sp³-hybridized carbons (Fsp3) is 0.333. The molecular formula is C30H30F4O5. The van der Waals surface area contributed by atoms with Gasteiger partial charge in [0, 0.05) is 0 Å². The summed E-state index contributed by atoms with van der Waals surface area (Å²) in [5.41, 5.74) is 1.99. The largest absolute Gasteiger partial charge is 0.494 e. The molecule has 39 heavy (non-hydrogen) atoms. The molecule has 3 aromatic rings. The zero-order valence-corrected chi connectivity index (χ0v) is 21.5. The minimum Gasteiger partial charge on any atom is -0.494 e. The van der Waals surface area contributed by atoms with Crippen molar-refractivity contribution in [3.63, 3.8) is 0 Å². The van der Waals surface area contributed by atoms with E-state index in [2.05, 4.69) is 11.7 Å². The van der Waals surface area contributed by atoms with Gasteiger partial charge in [0.1, 0.15) is 11.5 Å². The fourth-order valence-electron chi connectivity index (χ4n) is 3.57. The van der Waals surface area contributed by atoms with Gasteiger partial charge in [-0.25, -0.2) is 18.4 Å². The van der Waals surface area contributed by atoms with Crippen LogP contribution in [0.5, 0.6) is 11.5 Å². The highest BCUT2D eigenvalue weighted by molar-refractivity contribution is 5.92. The lowest BCUT2D eigenvalue weighted by Crippen LogP contribution is -2.33. The molecule has 0 saturated heterocycles. The molecule has 0 aliphatic carbocycles. The summed E-state index contributed by atoms with van der Waals surface area (Å²) in [5.74, 6) is -5.38. The van der Waals surface area contributed by atoms with Gasteiger partial charge in [-0.3, -0.25) is 0 Å². The third kappa shape index (κ3) is 9.12. The van der Waals surface area contributed by atoms with Crippen molar-refractivity contribution in [1.82, 2.24) is 0 Å². The molecule has 0 aromatic heterocycles. The molecule has 0 radical (unpaired) electrons. The maximum atomic E-state index is 12.9. The van der Waals surface area contributed by atoms with Crippen LogP contribution in [0.1, 0.15) is 59.7 Å². The van der Waals surface area contributed by atoms with Gasteiger partial charge in [-0.1, -0.05) is 56.9 Å². The fourth-order valence-corrected chi connectivity index (χ4v) is 3.57. The van der Waals surface area contributed by atoms with Gasteiger partial charge in [0.05, 0.1) is 17.7 Å². The van der Waals surface area contributed by atoms with Crippen molar-refractivity contribution in [3.05, 3.63) is 83.9 Å². The standard InChI is InChI=1S/C30H30F4O5/c1-2-3-4-5-6-19-37-25-15-11-22(12-16-25)21-7-9-24(10-8-21)28(36)39-26-17-13-23(14-18-26)27(35)38-20-30(33,34)29(31)32/h7-18,29H,2-6,19-20H2,1H3. The van der Waals surface area contributed by atoms with Crippen LogP contribution in [-0.4, -0.2) is 37.5 Å². The lowest BCUT2D eigenvalue weighted by atomic mass is 10.0. The van der Waals surface area contributed by atoms with Crippen LogP contribution in [0.3, 0.4) is 0 Å². The topological polar surface area (TPSA) is 61.8 Å². The van der Waals surface area contributed by atoms with Crippen LogP contribution in [0.25, 0.3) is 11.1 Å². The molecule has 0 saturated carbocycles. The third-order valence-corrected chi connectivity index (χ3v) is 5.84. The number of benzene rings is 3. The predicted molar refractivity (Wildman–Crippen MR) is 139 cm³/mol. The molecule has 0 unspecified atom stereocenters. The summed E-state index contributed by atoms with van der Waals surface area (Å²) in [5, 5.41) is 0. The normalized spacial score (nSPS) is 11.3. The molecule has 9 heteroatoms. The van der Waals surface area contributed by atoms with Gasteiger partial charge in [0.15, 0.2) is 6.61 Å². The van der Waals surface area contributed by atoms with E-state index in [0.29, 0.717) is 12.2 Å². The molecule has 0 bridgehead atoms. The van der Waals surface area contributed by atoms with Crippen molar-refractivity contribution >= 4 is 11.9 Å². The number of esters is 2. The van der Waals surface area contributed by atoms with Crippen LogP contribution in [0.15, 0.2) is 72.8 Å². The quantitative estimate of drug-likeness (QED) is 0.0888. The smallest absolute Gasteiger partial charge is 0.343 e. The van der Waals surface area contributed by atoms with E-state index in [9.17, 15) is 27.2 Å². The van der Waals surface area contributed by atoms with E-state index in [4.69, 9.17) is 9.47 Å². The Labute approximate surface area is 224 Å². The summed E-state index contributed by atoms with van der Waals surface area (Å²) in [6.07, 6.45) is 1.93. The Morgan fingerprint density at radius 3 is 1.82 bits per heavy atom. The summed E-state index contributed by atoms with van der Waals surface area (Å²) < 4.78 is 65.5. The van der Waals surface area contributed by atoms with Gasteiger partial charge < -0.3 is 14.2 Å². The van der Waals surface area contributed by atoms with Crippen LogP contribution in [0.4, 0.5) is 17.6 Å². The van der Waals surface area contributed by atoms with Gasteiger partial charge in [0.25, 0.3) is 0 Å². The van der Waals surface area contributed by atoms with Gasteiger partial charge in [0.2, 0.25) is 0 Å². The van der Waals surface area contributed by atoms with Gasteiger partial charge >= 0.3 is 24.3 Å². The van der Waals surface area contributed by atoms with Gasteiger partial charge in [-0.15, -0.1) is 0 Å². The van der Waals surface area contributed by atoms with Crippen LogP contribution >= 0.6 is 0 Å². The average Bonchev–Trinajstić information content (AvgIpc) is 2.94. The minimum absolute atomic E-state index is 0.0967. The lowest BCUT2D eigenvalue weighted by molar-refractivity contribution is -0.155. The number of unbranched alkanes of at least 4 members (excludes halogenated alkanes) is 4. The van der Waals surface area contributed by atoms with Crippen molar-refractivity contribution in [2.45, 2.75) is 51.4 Å². The Kier molecular flexibility index (Phi) is 10.9. The van der Waals surface area contributed by atoms with E-state index >= 15 is 0 Å². The highest BCUT2D eigenvalue weighted by Gasteiger charge is 2.42. The average molecular weight is 547 g/mol. The first-order valence-corrected chi connectivity index (χ1v) is 12.7. The highest BCUT2D eigenvalue weighted by Crippen LogP contribution is 2.25. The number of carbonyl (C=O) groups excluding carboxylic acids is 2. The van der Waals surface area contributed by atoms with E-state index in [0.717, 1.165) is 29.7 Å². The Bertz CT molecular complexity index is 1190. The molecule has 0 spiro atoms. The molecule has 208 valence electrons. The zero-order chi connectivity index (χ0) is 28.3. The zero-order valence-electron chi connectivity index (χ0n) is 21.5. The van der Waals surface area contributed by atoms with Crippen molar-refractivity contribution in [2.75, 3.05) is 13.2 Å². The molecule has 0 atom stereocenters. The van der Waals surface area contributed by atoms with Crippen molar-refractivity contribution in [3.8, 4) is 22.6 Å². The molecule has 5 nitrogen and oxygen atoms in total.